The second-order valence-electron chi connectivity index (χ2n) is 5.39. The molecule has 3 aromatic rings. The molecule has 3 aromatic carbocycles. The molecule has 0 atom stereocenters. The van der Waals surface area contributed by atoms with Gasteiger partial charge < -0.3 is 4.52 Å². The molecule has 0 radical (unpaired) electrons. The van der Waals surface area contributed by atoms with Crippen LogP contribution in [0.5, 0.6) is 5.75 Å². The molecule has 0 bridgehead atoms. The van der Waals surface area contributed by atoms with Gasteiger partial charge in [-0.3, -0.25) is 10.1 Å². The minimum absolute atomic E-state index is 0.0117. The van der Waals surface area contributed by atoms with Crippen molar-refractivity contribution in [3.8, 4) is 16.9 Å². The third kappa shape index (κ3) is 3.73. The van der Waals surface area contributed by atoms with Crippen molar-refractivity contribution in [2.75, 3.05) is 0 Å². The molecule has 0 saturated heterocycles. The van der Waals surface area contributed by atoms with E-state index in [4.69, 9.17) is 4.52 Å². The first-order chi connectivity index (χ1) is 12.2. The zero-order valence-electron chi connectivity index (χ0n) is 13.2. The summed E-state index contributed by atoms with van der Waals surface area (Å²) in [7, 11) is -0.507. The summed E-state index contributed by atoms with van der Waals surface area (Å²) in [5, 5.41) is 11.6. The van der Waals surface area contributed by atoms with E-state index < -0.39 is 13.6 Å². The Morgan fingerprint density at radius 1 is 0.920 bits per heavy atom. The number of hydrogen-bond donors (Lipinski definition) is 0. The number of benzene rings is 3. The number of hydrogen-bond acceptors (Lipinski definition) is 4. The quantitative estimate of drug-likeness (QED) is 0.337. The topological polar surface area (TPSA) is 69.4 Å². The lowest BCUT2D eigenvalue weighted by molar-refractivity contribution is -0.385. The van der Waals surface area contributed by atoms with Crippen LogP contribution in [0.25, 0.3) is 11.1 Å². The first-order valence-corrected chi connectivity index (χ1v) is 8.33. The predicted octanol–water partition coefficient (Wildman–Crippen LogP) is 5.44. The second-order valence-corrected chi connectivity index (χ2v) is 5.72. The molecular weight excluding hydrogens is 337 g/mol. The maximum atomic E-state index is 11.6. The molecule has 0 saturated carbocycles. The maximum absolute atomic E-state index is 11.6. The Bertz CT molecular complexity index is 898. The van der Waals surface area contributed by atoms with Crippen LogP contribution >= 0.6 is 8.69 Å². The van der Waals surface area contributed by atoms with Crippen molar-refractivity contribution in [2.24, 2.45) is 0 Å². The van der Waals surface area contributed by atoms with Crippen LogP contribution < -0.4 is 4.52 Å². The summed E-state index contributed by atoms with van der Waals surface area (Å²) < 4.78 is 16.2. The highest BCUT2D eigenvalue weighted by Gasteiger charge is 2.23. The smallest absolute Gasteiger partial charge is 0.395 e. The summed E-state index contributed by atoms with van der Waals surface area (Å²) in [4.78, 5) is 11.2. The van der Waals surface area contributed by atoms with Gasteiger partial charge in [-0.05, 0) is 17.2 Å². The largest absolute Gasteiger partial charge is 0.407 e. The molecule has 0 heterocycles. The van der Waals surface area contributed by atoms with E-state index >= 15 is 0 Å². The number of nitro benzene ring substituents is 1. The van der Waals surface area contributed by atoms with Crippen LogP contribution in [0.3, 0.4) is 0 Å². The fourth-order valence-electron chi connectivity index (χ4n) is 2.80. The third-order valence-corrected chi connectivity index (χ3v) is 4.14. The lowest BCUT2D eigenvalue weighted by Crippen LogP contribution is -2.01. The summed E-state index contributed by atoms with van der Waals surface area (Å²) in [6.07, 6.45) is 0.369. The van der Waals surface area contributed by atoms with Gasteiger partial charge in [0.05, 0.1) is 4.92 Å². The van der Waals surface area contributed by atoms with Gasteiger partial charge in [-0.15, -0.1) is 0 Å². The number of nitro groups is 1. The van der Waals surface area contributed by atoms with Gasteiger partial charge in [0.15, 0.2) is 0 Å². The SMILES string of the molecule is O=POc1ccc([N+](=O)[O-])c(Cc2ccccc2)c1-c1ccccc1. The van der Waals surface area contributed by atoms with E-state index in [1.807, 2.05) is 60.7 Å². The summed E-state index contributed by atoms with van der Waals surface area (Å²) in [5.41, 5.74) is 2.85. The van der Waals surface area contributed by atoms with Crippen molar-refractivity contribution >= 4 is 14.4 Å². The molecule has 25 heavy (non-hydrogen) atoms. The molecule has 124 valence electrons. The van der Waals surface area contributed by atoms with Crippen LogP contribution in [0.4, 0.5) is 5.69 Å². The lowest BCUT2D eigenvalue weighted by Gasteiger charge is -2.14. The molecule has 0 amide bonds. The van der Waals surface area contributed by atoms with E-state index in [9.17, 15) is 14.7 Å². The molecule has 0 spiro atoms. The predicted molar refractivity (Wildman–Crippen MR) is 96.0 cm³/mol. The molecule has 3 rings (SSSR count). The Morgan fingerprint density at radius 2 is 1.56 bits per heavy atom. The van der Waals surface area contributed by atoms with E-state index in [2.05, 4.69) is 0 Å². The molecular formula is C19H14NO4P. The highest BCUT2D eigenvalue weighted by molar-refractivity contribution is 7.17. The Morgan fingerprint density at radius 3 is 2.16 bits per heavy atom. The minimum Gasteiger partial charge on any atom is -0.407 e. The fraction of sp³-hybridized carbons (Fsp3) is 0.0526. The van der Waals surface area contributed by atoms with Crippen molar-refractivity contribution < 1.29 is 14.0 Å². The maximum Gasteiger partial charge on any atom is 0.395 e. The molecule has 0 aliphatic carbocycles. The molecule has 0 aliphatic rings. The van der Waals surface area contributed by atoms with Gasteiger partial charge >= 0.3 is 8.69 Å². The van der Waals surface area contributed by atoms with E-state index in [0.29, 0.717) is 23.3 Å². The third-order valence-electron chi connectivity index (χ3n) is 3.87. The zero-order chi connectivity index (χ0) is 17.6. The Balaban J connectivity index is 2.25. The summed E-state index contributed by atoms with van der Waals surface area (Å²) in [6.45, 7) is 0. The van der Waals surface area contributed by atoms with E-state index in [-0.39, 0.29) is 5.69 Å². The van der Waals surface area contributed by atoms with Gasteiger partial charge in [0.2, 0.25) is 0 Å². The summed E-state index contributed by atoms with van der Waals surface area (Å²) in [6, 6.07) is 21.6. The molecule has 0 unspecified atom stereocenters. The Labute approximate surface area is 146 Å². The molecule has 0 N–H and O–H groups in total. The highest BCUT2D eigenvalue weighted by atomic mass is 31.1. The van der Waals surface area contributed by atoms with Gasteiger partial charge in [0, 0.05) is 23.6 Å². The van der Waals surface area contributed by atoms with Gasteiger partial charge in [-0.25, -0.2) is 4.57 Å². The van der Waals surface area contributed by atoms with Crippen LogP contribution in [0, 0.1) is 10.1 Å². The average molecular weight is 351 g/mol. The van der Waals surface area contributed by atoms with Crippen molar-refractivity contribution in [1.29, 1.82) is 0 Å². The summed E-state index contributed by atoms with van der Waals surface area (Å²) >= 11 is 0. The van der Waals surface area contributed by atoms with Crippen LogP contribution in [-0.4, -0.2) is 4.92 Å². The van der Waals surface area contributed by atoms with Crippen LogP contribution in [0.1, 0.15) is 11.1 Å². The van der Waals surface area contributed by atoms with Gasteiger partial charge in [-0.2, -0.15) is 0 Å². The average Bonchev–Trinajstić information content (AvgIpc) is 2.63. The van der Waals surface area contributed by atoms with Crippen molar-refractivity contribution in [2.45, 2.75) is 6.42 Å². The number of nitrogens with zero attached hydrogens (tertiary/aromatic N) is 1. The highest BCUT2D eigenvalue weighted by Crippen LogP contribution is 2.40. The van der Waals surface area contributed by atoms with Crippen molar-refractivity contribution in [3.63, 3.8) is 0 Å². The molecule has 0 aromatic heterocycles. The number of rotatable bonds is 6. The zero-order valence-corrected chi connectivity index (χ0v) is 14.1. The standard InChI is InChI=1S/C19H14NO4P/c21-20(22)17-11-12-18(24-25-23)19(15-9-5-2-6-10-15)16(17)13-14-7-3-1-4-8-14/h1-12H,13H2. The fourth-order valence-corrected chi connectivity index (χ4v) is 3.04. The molecule has 0 fully saturated rings. The van der Waals surface area contributed by atoms with Crippen LogP contribution in [-0.2, 0) is 11.0 Å². The monoisotopic (exact) mass is 351 g/mol. The van der Waals surface area contributed by atoms with Crippen molar-refractivity contribution in [1.82, 2.24) is 0 Å². The normalized spacial score (nSPS) is 10.6. The van der Waals surface area contributed by atoms with E-state index in [1.54, 1.807) is 0 Å². The Kier molecular flexibility index (Phi) is 5.17. The summed E-state index contributed by atoms with van der Waals surface area (Å²) in [5.74, 6) is 0.347. The van der Waals surface area contributed by atoms with Gasteiger partial charge in [0.25, 0.3) is 5.69 Å². The lowest BCUT2D eigenvalue weighted by atomic mass is 9.92. The van der Waals surface area contributed by atoms with Crippen LogP contribution in [0.15, 0.2) is 72.8 Å². The Hall–Kier alpha value is -3.04. The first kappa shape index (κ1) is 16.8. The first-order valence-electron chi connectivity index (χ1n) is 7.60. The van der Waals surface area contributed by atoms with E-state index in [1.165, 1.54) is 12.1 Å². The minimum atomic E-state index is -0.507. The molecule has 5 nitrogen and oxygen atoms in total. The molecule has 0 aliphatic heterocycles. The van der Waals surface area contributed by atoms with Crippen molar-refractivity contribution in [3.05, 3.63) is 94.0 Å². The van der Waals surface area contributed by atoms with Crippen LogP contribution in [0.2, 0.25) is 0 Å². The second kappa shape index (κ2) is 7.69. The van der Waals surface area contributed by atoms with E-state index in [0.717, 1.165) is 11.1 Å². The van der Waals surface area contributed by atoms with Gasteiger partial charge in [-0.1, -0.05) is 60.7 Å². The van der Waals surface area contributed by atoms with Gasteiger partial charge in [0.1, 0.15) is 5.75 Å². The molecule has 6 heteroatoms.